The van der Waals surface area contributed by atoms with E-state index in [0.717, 1.165) is 6.07 Å². The van der Waals surface area contributed by atoms with E-state index in [0.29, 0.717) is 10.9 Å². The summed E-state index contributed by atoms with van der Waals surface area (Å²) in [7, 11) is 0. The van der Waals surface area contributed by atoms with Gasteiger partial charge in [-0.3, -0.25) is 10.8 Å². The number of hydrogen-bond donors (Lipinski definition) is 2. The minimum Gasteiger partial charge on any atom is -0.419 e. The standard InChI is InChI=1S/C10H8BrF3N2O.C2H6/c11-4-6-2-1-5(3-7(6)12)9(15)17-10(16)8(13)14;1-2/h1-3,8,15-16H,4H2;1-2H3. The molecular weight excluding hydrogens is 325 g/mol. The maximum atomic E-state index is 13.3. The molecule has 1 aromatic carbocycles. The number of ether oxygens (including phenoxy) is 1. The predicted octanol–water partition coefficient (Wildman–Crippen LogP) is 4.33. The summed E-state index contributed by atoms with van der Waals surface area (Å²) < 4.78 is 41.5. The predicted molar refractivity (Wildman–Crippen MR) is 72.0 cm³/mol. The van der Waals surface area contributed by atoms with Crippen molar-refractivity contribution in [1.82, 2.24) is 0 Å². The van der Waals surface area contributed by atoms with Gasteiger partial charge in [-0.25, -0.2) is 4.39 Å². The van der Waals surface area contributed by atoms with Crippen LogP contribution in [0.1, 0.15) is 25.0 Å². The maximum Gasteiger partial charge on any atom is 0.312 e. The summed E-state index contributed by atoms with van der Waals surface area (Å²) in [6.45, 7) is 4.00. The summed E-state index contributed by atoms with van der Waals surface area (Å²) in [5.41, 5.74) is 0.378. The molecule has 0 aliphatic heterocycles. The fraction of sp³-hybridized carbons (Fsp3) is 0.333. The highest BCUT2D eigenvalue weighted by Crippen LogP contribution is 2.14. The third kappa shape index (κ3) is 5.42. The molecule has 0 aromatic heterocycles. The molecule has 0 saturated heterocycles. The molecule has 1 aromatic rings. The van der Waals surface area contributed by atoms with Gasteiger partial charge in [-0.15, -0.1) is 0 Å². The monoisotopic (exact) mass is 338 g/mol. The Balaban J connectivity index is 0.00000154. The highest BCUT2D eigenvalue weighted by molar-refractivity contribution is 9.08. The van der Waals surface area contributed by atoms with Crippen LogP contribution in [0.4, 0.5) is 13.2 Å². The summed E-state index contributed by atoms with van der Waals surface area (Å²) in [4.78, 5) is 0. The number of halogens is 4. The van der Waals surface area contributed by atoms with E-state index >= 15 is 0 Å². The average Bonchev–Trinajstić information content (AvgIpc) is 2.40. The van der Waals surface area contributed by atoms with Crippen LogP contribution in [0.3, 0.4) is 0 Å². The molecule has 0 amide bonds. The molecule has 7 heteroatoms. The van der Waals surface area contributed by atoms with Crippen LogP contribution in [0.25, 0.3) is 0 Å². The van der Waals surface area contributed by atoms with Crippen molar-refractivity contribution in [2.75, 3.05) is 0 Å². The van der Waals surface area contributed by atoms with E-state index < -0.39 is 24.0 Å². The first kappa shape index (κ1) is 17.6. The molecule has 2 N–H and O–H groups in total. The highest BCUT2D eigenvalue weighted by atomic mass is 79.9. The Morgan fingerprint density at radius 2 is 1.89 bits per heavy atom. The summed E-state index contributed by atoms with van der Waals surface area (Å²) in [6.07, 6.45) is -3.10. The zero-order valence-electron chi connectivity index (χ0n) is 10.4. The Kier molecular flexibility index (Phi) is 8.06. The first-order valence-corrected chi connectivity index (χ1v) is 6.55. The third-order valence-corrected chi connectivity index (χ3v) is 2.47. The van der Waals surface area contributed by atoms with Gasteiger partial charge in [-0.2, -0.15) is 8.78 Å². The molecule has 19 heavy (non-hydrogen) atoms. The summed E-state index contributed by atoms with van der Waals surface area (Å²) in [5, 5.41) is 14.3. The first-order chi connectivity index (χ1) is 8.95. The van der Waals surface area contributed by atoms with Crippen LogP contribution < -0.4 is 0 Å². The quantitative estimate of drug-likeness (QED) is 0.481. The number of rotatable bonds is 3. The lowest BCUT2D eigenvalue weighted by Crippen LogP contribution is -2.18. The smallest absolute Gasteiger partial charge is 0.312 e. The first-order valence-electron chi connectivity index (χ1n) is 5.43. The summed E-state index contributed by atoms with van der Waals surface area (Å²) in [6, 6.07) is 3.77. The zero-order chi connectivity index (χ0) is 15.0. The van der Waals surface area contributed by atoms with E-state index in [4.69, 9.17) is 10.8 Å². The second kappa shape index (κ2) is 8.68. The Hall–Kier alpha value is -1.37. The lowest BCUT2D eigenvalue weighted by molar-refractivity contribution is 0.197. The van der Waals surface area contributed by atoms with Crippen molar-refractivity contribution in [3.05, 3.63) is 35.1 Å². The molecule has 0 unspecified atom stereocenters. The fourth-order valence-corrected chi connectivity index (χ4v) is 1.47. The Labute approximate surface area is 117 Å². The zero-order valence-corrected chi connectivity index (χ0v) is 12.0. The Bertz CT molecular complexity index is 453. The van der Waals surface area contributed by atoms with Crippen LogP contribution in [-0.2, 0) is 10.1 Å². The van der Waals surface area contributed by atoms with Crippen molar-refractivity contribution >= 4 is 27.7 Å². The topological polar surface area (TPSA) is 56.9 Å². The largest absolute Gasteiger partial charge is 0.419 e. The van der Waals surface area contributed by atoms with Gasteiger partial charge >= 0.3 is 6.43 Å². The van der Waals surface area contributed by atoms with Crippen molar-refractivity contribution in [1.29, 1.82) is 10.8 Å². The molecule has 0 bridgehead atoms. The van der Waals surface area contributed by atoms with Crippen LogP contribution >= 0.6 is 15.9 Å². The lowest BCUT2D eigenvalue weighted by atomic mass is 10.1. The van der Waals surface area contributed by atoms with E-state index in [1.165, 1.54) is 12.1 Å². The fourth-order valence-electron chi connectivity index (χ4n) is 1.01. The maximum absolute atomic E-state index is 13.3. The number of benzene rings is 1. The minimum absolute atomic E-state index is 0.00222. The molecule has 0 heterocycles. The van der Waals surface area contributed by atoms with E-state index in [1.54, 1.807) is 0 Å². The summed E-state index contributed by atoms with van der Waals surface area (Å²) in [5.74, 6) is -2.59. The molecule has 3 nitrogen and oxygen atoms in total. The number of hydrogen-bond acceptors (Lipinski definition) is 3. The van der Waals surface area contributed by atoms with Gasteiger partial charge in [0.25, 0.3) is 5.90 Å². The molecular formula is C12H14BrF3N2O. The van der Waals surface area contributed by atoms with Crippen molar-refractivity contribution in [2.24, 2.45) is 0 Å². The number of nitrogens with one attached hydrogen (secondary N) is 2. The van der Waals surface area contributed by atoms with Gasteiger partial charge in [0, 0.05) is 10.9 Å². The van der Waals surface area contributed by atoms with Crippen LogP contribution in [0.2, 0.25) is 0 Å². The minimum atomic E-state index is -3.10. The molecule has 0 saturated carbocycles. The highest BCUT2D eigenvalue weighted by Gasteiger charge is 2.16. The van der Waals surface area contributed by atoms with E-state index in [2.05, 4.69) is 20.7 Å². The molecule has 106 valence electrons. The average molecular weight is 339 g/mol. The van der Waals surface area contributed by atoms with Gasteiger partial charge in [0.15, 0.2) is 0 Å². The summed E-state index contributed by atoms with van der Waals surface area (Å²) >= 11 is 3.07. The van der Waals surface area contributed by atoms with Gasteiger partial charge in [0.1, 0.15) is 5.82 Å². The normalized spacial score (nSPS) is 9.63. The van der Waals surface area contributed by atoms with Crippen molar-refractivity contribution < 1.29 is 17.9 Å². The lowest BCUT2D eigenvalue weighted by Gasteiger charge is -2.08. The van der Waals surface area contributed by atoms with E-state index in [-0.39, 0.29) is 5.56 Å². The second-order valence-electron chi connectivity index (χ2n) is 3.04. The van der Waals surface area contributed by atoms with Crippen molar-refractivity contribution in [3.63, 3.8) is 0 Å². The molecule has 1 rings (SSSR count). The molecule has 0 aliphatic carbocycles. The second-order valence-corrected chi connectivity index (χ2v) is 3.60. The van der Waals surface area contributed by atoms with Crippen LogP contribution in [-0.4, -0.2) is 18.2 Å². The van der Waals surface area contributed by atoms with Gasteiger partial charge in [-0.05, 0) is 17.7 Å². The molecule has 0 spiro atoms. The Morgan fingerprint density at radius 1 is 1.32 bits per heavy atom. The van der Waals surface area contributed by atoms with Gasteiger partial charge < -0.3 is 4.74 Å². The SMILES string of the molecule is CC.N=C(OC(=N)C(F)F)c1ccc(CBr)c(F)c1. The number of alkyl halides is 3. The van der Waals surface area contributed by atoms with Crippen molar-refractivity contribution in [2.45, 2.75) is 25.6 Å². The van der Waals surface area contributed by atoms with E-state index in [1.807, 2.05) is 13.8 Å². The van der Waals surface area contributed by atoms with Gasteiger partial charge in [0.2, 0.25) is 5.90 Å². The molecule has 0 atom stereocenters. The Morgan fingerprint density at radius 3 is 2.32 bits per heavy atom. The third-order valence-electron chi connectivity index (χ3n) is 1.87. The van der Waals surface area contributed by atoms with E-state index in [9.17, 15) is 13.2 Å². The van der Waals surface area contributed by atoms with Crippen LogP contribution in [0, 0.1) is 16.6 Å². The van der Waals surface area contributed by atoms with Gasteiger partial charge in [-0.1, -0.05) is 35.8 Å². The molecule has 0 aliphatic rings. The molecule has 0 fully saturated rings. The van der Waals surface area contributed by atoms with Crippen molar-refractivity contribution in [3.8, 4) is 0 Å². The van der Waals surface area contributed by atoms with Crippen LogP contribution in [0.15, 0.2) is 18.2 Å². The van der Waals surface area contributed by atoms with Gasteiger partial charge in [0.05, 0.1) is 0 Å². The van der Waals surface area contributed by atoms with Crippen LogP contribution in [0.5, 0.6) is 0 Å². The molecule has 0 radical (unpaired) electrons.